The predicted molar refractivity (Wildman–Crippen MR) is 196 cm³/mol. The Labute approximate surface area is 313 Å². The maximum Gasteiger partial charge on any atom is 0.329 e. The van der Waals surface area contributed by atoms with E-state index < -0.39 is 36.1 Å². The van der Waals surface area contributed by atoms with Crippen molar-refractivity contribution in [2.45, 2.75) is 75.7 Å². The number of rotatable bonds is 9. The van der Waals surface area contributed by atoms with E-state index in [9.17, 15) is 28.0 Å². The first-order valence-corrected chi connectivity index (χ1v) is 18.6. The SMILES string of the molecule is CN(C[C@H]1CC[C@H](n2cc(NC(=O)c3cnn4cccnc34)c(C(F)F)n2)CC1)C1CCN(c2cccc3c2n(C)c(=O)n3C2CCC(=O)NC2=O)CC1F. The van der Waals surface area contributed by atoms with Crippen molar-refractivity contribution in [3.63, 3.8) is 0 Å². The third-order valence-electron chi connectivity index (χ3n) is 11.5. The van der Waals surface area contributed by atoms with Crippen molar-refractivity contribution < 1.29 is 27.6 Å². The first kappa shape index (κ1) is 36.5. The Morgan fingerprint density at radius 2 is 1.89 bits per heavy atom. The molecule has 6 heterocycles. The molecule has 0 spiro atoms. The zero-order valence-corrected chi connectivity index (χ0v) is 30.4. The van der Waals surface area contributed by atoms with Gasteiger partial charge < -0.3 is 15.1 Å². The molecule has 0 radical (unpaired) electrons. The van der Waals surface area contributed by atoms with Crippen molar-refractivity contribution in [1.82, 2.24) is 43.7 Å². The van der Waals surface area contributed by atoms with Gasteiger partial charge in [0.1, 0.15) is 17.8 Å². The van der Waals surface area contributed by atoms with Gasteiger partial charge in [-0.25, -0.2) is 27.5 Å². The van der Waals surface area contributed by atoms with Crippen LogP contribution in [-0.4, -0.2) is 95.0 Å². The molecule has 3 unspecified atom stereocenters. The van der Waals surface area contributed by atoms with Crippen LogP contribution in [0.1, 0.15) is 79.5 Å². The highest BCUT2D eigenvalue weighted by atomic mass is 19.3. The van der Waals surface area contributed by atoms with Crippen LogP contribution in [0.3, 0.4) is 0 Å². The summed E-state index contributed by atoms with van der Waals surface area (Å²) in [6, 6.07) is 5.87. The number of hydrogen-bond acceptors (Lipinski definition) is 9. The van der Waals surface area contributed by atoms with E-state index in [2.05, 4.69) is 30.7 Å². The molecule has 2 saturated heterocycles. The van der Waals surface area contributed by atoms with Crippen molar-refractivity contribution >= 4 is 45.8 Å². The Hall–Kier alpha value is -5.52. The topological polar surface area (TPSA) is 157 Å². The molecule has 18 heteroatoms. The number of piperidine rings is 2. The van der Waals surface area contributed by atoms with E-state index in [1.165, 1.54) is 36.9 Å². The number of nitrogens with one attached hydrogen (secondary N) is 2. The number of para-hydroxylation sites is 1. The molecule has 5 aromatic rings. The number of carbonyl (C=O) groups excluding carboxylic acids is 3. The number of alkyl halides is 3. The molecule has 290 valence electrons. The maximum absolute atomic E-state index is 16.0. The zero-order chi connectivity index (χ0) is 38.5. The lowest BCUT2D eigenvalue weighted by molar-refractivity contribution is -0.135. The van der Waals surface area contributed by atoms with Gasteiger partial charge in [0, 0.05) is 51.2 Å². The molecule has 3 aliphatic rings. The van der Waals surface area contributed by atoms with Crippen LogP contribution in [-0.2, 0) is 16.6 Å². The van der Waals surface area contributed by atoms with Crippen molar-refractivity contribution in [3.8, 4) is 0 Å². The Kier molecular flexibility index (Phi) is 9.69. The van der Waals surface area contributed by atoms with Crippen molar-refractivity contribution in [1.29, 1.82) is 0 Å². The number of halogens is 3. The van der Waals surface area contributed by atoms with E-state index in [0.29, 0.717) is 54.7 Å². The predicted octanol–water partition coefficient (Wildman–Crippen LogP) is 4.03. The minimum atomic E-state index is -2.89. The lowest BCUT2D eigenvalue weighted by Crippen LogP contribution is -2.52. The molecule has 3 amide bonds. The van der Waals surface area contributed by atoms with E-state index in [4.69, 9.17) is 0 Å². The summed E-state index contributed by atoms with van der Waals surface area (Å²) >= 11 is 0. The van der Waals surface area contributed by atoms with Gasteiger partial charge in [0.2, 0.25) is 11.8 Å². The summed E-state index contributed by atoms with van der Waals surface area (Å²) in [5.41, 5.74) is 1.44. The fraction of sp³-hybridized carbons (Fsp3) is 0.486. The fourth-order valence-electron chi connectivity index (χ4n) is 8.67. The highest BCUT2D eigenvalue weighted by molar-refractivity contribution is 6.08. The van der Waals surface area contributed by atoms with Crippen LogP contribution in [0, 0.1) is 5.92 Å². The van der Waals surface area contributed by atoms with Crippen LogP contribution in [0.4, 0.5) is 24.5 Å². The van der Waals surface area contributed by atoms with Crippen molar-refractivity contribution in [3.05, 3.63) is 70.8 Å². The molecular formula is C37H42F3N11O4. The molecule has 3 fully saturated rings. The maximum atomic E-state index is 16.0. The number of hydrogen-bond donors (Lipinski definition) is 2. The quantitative estimate of drug-likeness (QED) is 0.212. The molecule has 15 nitrogen and oxygen atoms in total. The number of fused-ring (bicyclic) bond motifs is 2. The van der Waals surface area contributed by atoms with Gasteiger partial charge in [-0.1, -0.05) is 6.07 Å². The number of imide groups is 1. The Balaban J connectivity index is 0.885. The number of aryl methyl sites for hydroxylation is 1. The van der Waals surface area contributed by atoms with Crippen molar-refractivity contribution in [2.24, 2.45) is 13.0 Å². The second-order valence-electron chi connectivity index (χ2n) is 14.9. The fourth-order valence-corrected chi connectivity index (χ4v) is 8.67. The molecule has 8 rings (SSSR count). The molecular weight excluding hydrogens is 719 g/mol. The van der Waals surface area contributed by atoms with Crippen LogP contribution >= 0.6 is 0 Å². The summed E-state index contributed by atoms with van der Waals surface area (Å²) < 4.78 is 50.0. The summed E-state index contributed by atoms with van der Waals surface area (Å²) in [5, 5.41) is 13.2. The highest BCUT2D eigenvalue weighted by Crippen LogP contribution is 2.37. The molecule has 2 N–H and O–H groups in total. The van der Waals surface area contributed by atoms with E-state index in [-0.39, 0.29) is 60.2 Å². The Morgan fingerprint density at radius 1 is 1.09 bits per heavy atom. The van der Waals surface area contributed by atoms with Crippen molar-refractivity contribution in [2.75, 3.05) is 36.9 Å². The molecule has 55 heavy (non-hydrogen) atoms. The van der Waals surface area contributed by atoms with Gasteiger partial charge in [0.05, 0.1) is 41.2 Å². The first-order chi connectivity index (χ1) is 26.5. The molecule has 4 aromatic heterocycles. The number of aromatic nitrogens is 7. The van der Waals surface area contributed by atoms with Crippen LogP contribution < -0.4 is 21.2 Å². The summed E-state index contributed by atoms with van der Waals surface area (Å²) in [4.78, 5) is 59.1. The number of carbonyl (C=O) groups is 3. The standard InChI is InChI=1S/C37H42F3N11O4/c1-46(26-13-16-48(19-24(26)38)27-5-3-6-28-32(27)47(2)37(55)51(28)29-11-12-30(52)44-36(29)54)18-21-7-9-22(10-8-21)50-20-25(31(45-50)33(39)40)43-35(53)23-17-42-49-15-4-14-41-34(23)49/h3-6,14-15,17,20-22,24,26,29,33H,7-13,16,18-19H2,1-2H3,(H,43,53)(H,44,52,54)/t21-,22-,24?,26?,29?. The highest BCUT2D eigenvalue weighted by Gasteiger charge is 2.36. The zero-order valence-electron chi connectivity index (χ0n) is 30.4. The van der Waals surface area contributed by atoms with Gasteiger partial charge in [0.25, 0.3) is 12.3 Å². The molecule has 0 bridgehead atoms. The summed E-state index contributed by atoms with van der Waals surface area (Å²) in [5.74, 6) is -1.19. The largest absolute Gasteiger partial charge is 0.367 e. The van der Waals surface area contributed by atoms with Gasteiger partial charge in [0.15, 0.2) is 11.3 Å². The minimum absolute atomic E-state index is 0.0530. The lowest BCUT2D eigenvalue weighted by atomic mass is 9.85. The Bertz CT molecular complexity index is 2330. The van der Waals surface area contributed by atoms with Gasteiger partial charge >= 0.3 is 5.69 Å². The van der Waals surface area contributed by atoms with Gasteiger partial charge in [-0.2, -0.15) is 10.2 Å². The summed E-state index contributed by atoms with van der Waals surface area (Å²) in [6.45, 7) is 1.39. The van der Waals surface area contributed by atoms with E-state index in [0.717, 1.165) is 12.8 Å². The molecule has 2 aliphatic heterocycles. The smallest absolute Gasteiger partial charge is 0.329 e. The number of benzene rings is 1. The van der Waals surface area contributed by atoms with E-state index in [1.807, 2.05) is 18.0 Å². The van der Waals surface area contributed by atoms with Crippen LogP contribution in [0.15, 0.2) is 53.8 Å². The Morgan fingerprint density at radius 3 is 2.64 bits per heavy atom. The number of amides is 3. The normalized spacial score (nSPS) is 23.6. The van der Waals surface area contributed by atoms with Crippen LogP contribution in [0.2, 0.25) is 0 Å². The van der Waals surface area contributed by atoms with E-state index >= 15 is 4.39 Å². The molecule has 1 aliphatic carbocycles. The average molecular weight is 762 g/mol. The van der Waals surface area contributed by atoms with Gasteiger partial charge in [-0.3, -0.25) is 33.5 Å². The molecule has 1 saturated carbocycles. The third-order valence-corrected chi connectivity index (χ3v) is 11.5. The monoisotopic (exact) mass is 761 g/mol. The van der Waals surface area contributed by atoms with Gasteiger partial charge in [-0.05, 0) is 69.7 Å². The van der Waals surface area contributed by atoms with Crippen LogP contribution in [0.25, 0.3) is 16.7 Å². The van der Waals surface area contributed by atoms with Gasteiger partial charge in [-0.15, -0.1) is 0 Å². The lowest BCUT2D eigenvalue weighted by Gasteiger charge is -2.42. The average Bonchev–Trinajstić information content (AvgIpc) is 3.86. The number of nitrogens with zero attached hydrogens (tertiary/aromatic N) is 9. The third kappa shape index (κ3) is 6.76. The number of imidazole rings is 1. The minimum Gasteiger partial charge on any atom is -0.367 e. The number of anilines is 2. The second-order valence-corrected chi connectivity index (χ2v) is 14.9. The molecule has 1 aromatic carbocycles. The molecule has 3 atom stereocenters. The second kappa shape index (κ2) is 14.6. The first-order valence-electron chi connectivity index (χ1n) is 18.6. The van der Waals surface area contributed by atoms with E-state index in [1.54, 1.807) is 31.4 Å². The summed E-state index contributed by atoms with van der Waals surface area (Å²) in [7, 11) is 3.59. The van der Waals surface area contributed by atoms with Crippen LogP contribution in [0.5, 0.6) is 0 Å². The summed E-state index contributed by atoms with van der Waals surface area (Å²) in [6.07, 6.45) is 5.87.